The van der Waals surface area contributed by atoms with Crippen molar-refractivity contribution in [1.29, 1.82) is 0 Å². The Morgan fingerprint density at radius 3 is 2.48 bits per heavy atom. The summed E-state index contributed by atoms with van der Waals surface area (Å²) in [7, 11) is -2.19. The standard InChI is InChI=1S/C20H23N3O5S/c1-28-18-6-4-15-8-11-21(14-16(15)12-18)19-7-5-17(23(24)25)13-20(19)29(26,27)22-9-2-3-10-22/h4-7,12-13H,2-3,8-11,14H2,1H3. The van der Waals surface area contributed by atoms with Crippen LogP contribution in [0.15, 0.2) is 41.3 Å². The van der Waals surface area contributed by atoms with Gasteiger partial charge in [0.25, 0.3) is 5.69 Å². The van der Waals surface area contributed by atoms with E-state index in [0.29, 0.717) is 31.9 Å². The van der Waals surface area contributed by atoms with Crippen molar-refractivity contribution in [3.8, 4) is 5.75 Å². The SMILES string of the molecule is COc1ccc2c(c1)CN(c1ccc([N+](=O)[O-])cc1S(=O)(=O)N1CCCC1)CC2. The summed E-state index contributed by atoms with van der Waals surface area (Å²) in [6.07, 6.45) is 2.38. The summed E-state index contributed by atoms with van der Waals surface area (Å²) in [6.45, 7) is 2.06. The Morgan fingerprint density at radius 1 is 1.03 bits per heavy atom. The first-order chi connectivity index (χ1) is 13.9. The summed E-state index contributed by atoms with van der Waals surface area (Å²) in [4.78, 5) is 12.7. The molecular formula is C20H23N3O5S. The highest BCUT2D eigenvalue weighted by molar-refractivity contribution is 7.89. The molecule has 4 rings (SSSR count). The zero-order valence-electron chi connectivity index (χ0n) is 16.2. The van der Waals surface area contributed by atoms with Crippen LogP contribution >= 0.6 is 0 Å². The molecule has 154 valence electrons. The van der Waals surface area contributed by atoms with Gasteiger partial charge in [-0.25, -0.2) is 8.42 Å². The van der Waals surface area contributed by atoms with Crippen molar-refractivity contribution in [1.82, 2.24) is 4.31 Å². The molecule has 2 heterocycles. The number of nitrogens with zero attached hydrogens (tertiary/aromatic N) is 3. The average molecular weight is 417 g/mol. The molecule has 0 N–H and O–H groups in total. The monoisotopic (exact) mass is 417 g/mol. The van der Waals surface area contributed by atoms with Gasteiger partial charge < -0.3 is 9.64 Å². The number of nitro groups is 1. The molecule has 2 aromatic rings. The van der Waals surface area contributed by atoms with Gasteiger partial charge in [-0.15, -0.1) is 0 Å². The number of nitro benzene ring substituents is 1. The van der Waals surface area contributed by atoms with Gasteiger partial charge in [0.1, 0.15) is 10.6 Å². The molecular weight excluding hydrogens is 394 g/mol. The Balaban J connectivity index is 1.76. The topological polar surface area (TPSA) is 93.0 Å². The summed E-state index contributed by atoms with van der Waals surface area (Å²) in [5.74, 6) is 0.749. The van der Waals surface area contributed by atoms with Crippen LogP contribution < -0.4 is 9.64 Å². The van der Waals surface area contributed by atoms with Gasteiger partial charge in [-0.05, 0) is 48.6 Å². The quantitative estimate of drug-likeness (QED) is 0.549. The van der Waals surface area contributed by atoms with E-state index in [1.165, 1.54) is 22.0 Å². The molecule has 0 aromatic heterocycles. The molecule has 0 atom stereocenters. The Kier molecular flexibility index (Phi) is 5.18. The average Bonchev–Trinajstić information content (AvgIpc) is 3.28. The summed E-state index contributed by atoms with van der Waals surface area (Å²) in [5, 5.41) is 11.3. The first-order valence-electron chi connectivity index (χ1n) is 9.59. The van der Waals surface area contributed by atoms with Crippen molar-refractivity contribution in [2.75, 3.05) is 31.6 Å². The van der Waals surface area contributed by atoms with Crippen LogP contribution in [0.4, 0.5) is 11.4 Å². The first-order valence-corrected chi connectivity index (χ1v) is 11.0. The van der Waals surface area contributed by atoms with E-state index >= 15 is 0 Å². The molecule has 2 aliphatic heterocycles. The van der Waals surface area contributed by atoms with E-state index in [1.807, 2.05) is 23.1 Å². The van der Waals surface area contributed by atoms with E-state index in [0.717, 1.165) is 30.6 Å². The number of hydrogen-bond acceptors (Lipinski definition) is 6. The fourth-order valence-corrected chi connectivity index (χ4v) is 5.77. The molecule has 1 fully saturated rings. The minimum absolute atomic E-state index is 0.0138. The van der Waals surface area contributed by atoms with Crippen LogP contribution in [0.25, 0.3) is 0 Å². The molecule has 0 unspecified atom stereocenters. The zero-order valence-corrected chi connectivity index (χ0v) is 17.0. The van der Waals surface area contributed by atoms with Crippen LogP contribution in [0, 0.1) is 10.1 Å². The van der Waals surface area contributed by atoms with E-state index < -0.39 is 14.9 Å². The summed E-state index contributed by atoms with van der Waals surface area (Å²) in [5.41, 5.74) is 2.56. The van der Waals surface area contributed by atoms with Crippen LogP contribution in [0.2, 0.25) is 0 Å². The first kappa shape index (κ1) is 19.7. The van der Waals surface area contributed by atoms with E-state index in [1.54, 1.807) is 13.2 Å². The van der Waals surface area contributed by atoms with Crippen LogP contribution in [-0.4, -0.2) is 44.4 Å². The Labute approximate surface area is 169 Å². The predicted molar refractivity (Wildman–Crippen MR) is 109 cm³/mol. The molecule has 2 aliphatic rings. The lowest BCUT2D eigenvalue weighted by Gasteiger charge is -2.32. The third-order valence-electron chi connectivity index (χ3n) is 5.60. The highest BCUT2D eigenvalue weighted by Gasteiger charge is 2.33. The maximum Gasteiger partial charge on any atom is 0.270 e. The van der Waals surface area contributed by atoms with Crippen LogP contribution in [0.3, 0.4) is 0 Å². The minimum atomic E-state index is -3.80. The lowest BCUT2D eigenvalue weighted by Crippen LogP contribution is -2.34. The molecule has 0 saturated carbocycles. The summed E-state index contributed by atoms with van der Waals surface area (Å²) >= 11 is 0. The van der Waals surface area contributed by atoms with Crippen LogP contribution in [0.1, 0.15) is 24.0 Å². The van der Waals surface area contributed by atoms with Crippen molar-refractivity contribution >= 4 is 21.4 Å². The zero-order chi connectivity index (χ0) is 20.6. The van der Waals surface area contributed by atoms with E-state index in [9.17, 15) is 18.5 Å². The number of fused-ring (bicyclic) bond motifs is 1. The van der Waals surface area contributed by atoms with Crippen LogP contribution in [0.5, 0.6) is 5.75 Å². The number of sulfonamides is 1. The third-order valence-corrected chi connectivity index (χ3v) is 7.53. The highest BCUT2D eigenvalue weighted by atomic mass is 32.2. The smallest absolute Gasteiger partial charge is 0.270 e. The second kappa shape index (κ2) is 7.64. The van der Waals surface area contributed by atoms with Gasteiger partial charge in [-0.2, -0.15) is 4.31 Å². The van der Waals surface area contributed by atoms with Crippen molar-refractivity contribution in [2.24, 2.45) is 0 Å². The fraction of sp³-hybridized carbons (Fsp3) is 0.400. The Bertz CT molecular complexity index is 1050. The number of hydrogen-bond donors (Lipinski definition) is 0. The second-order valence-electron chi connectivity index (χ2n) is 7.33. The lowest BCUT2D eigenvalue weighted by atomic mass is 9.99. The van der Waals surface area contributed by atoms with Gasteiger partial charge in [-0.1, -0.05) is 6.07 Å². The van der Waals surface area contributed by atoms with E-state index in [2.05, 4.69) is 0 Å². The van der Waals surface area contributed by atoms with Crippen molar-refractivity contribution < 1.29 is 18.1 Å². The molecule has 0 radical (unpaired) electrons. The number of rotatable bonds is 5. The lowest BCUT2D eigenvalue weighted by molar-refractivity contribution is -0.385. The van der Waals surface area contributed by atoms with Crippen molar-refractivity contribution in [2.45, 2.75) is 30.7 Å². The third kappa shape index (κ3) is 3.67. The van der Waals surface area contributed by atoms with Crippen molar-refractivity contribution in [3.05, 3.63) is 57.6 Å². The second-order valence-corrected chi connectivity index (χ2v) is 9.23. The molecule has 9 heteroatoms. The van der Waals surface area contributed by atoms with Crippen molar-refractivity contribution in [3.63, 3.8) is 0 Å². The van der Waals surface area contributed by atoms with Gasteiger partial charge in [-0.3, -0.25) is 10.1 Å². The normalized spacial score (nSPS) is 17.2. The summed E-state index contributed by atoms with van der Waals surface area (Å²) < 4.78 is 33.3. The fourth-order valence-electron chi connectivity index (χ4n) is 4.02. The number of ether oxygens (including phenoxy) is 1. The number of methoxy groups -OCH3 is 1. The molecule has 29 heavy (non-hydrogen) atoms. The van der Waals surface area contributed by atoms with Gasteiger partial charge in [0.2, 0.25) is 10.0 Å². The van der Waals surface area contributed by atoms with Crippen LogP contribution in [-0.2, 0) is 23.0 Å². The minimum Gasteiger partial charge on any atom is -0.497 e. The summed E-state index contributed by atoms with van der Waals surface area (Å²) in [6, 6.07) is 10.0. The molecule has 1 saturated heterocycles. The maximum absolute atomic E-state index is 13.3. The molecule has 0 aliphatic carbocycles. The Hall–Kier alpha value is -2.65. The molecule has 0 amide bonds. The molecule has 0 bridgehead atoms. The van der Waals surface area contributed by atoms with Gasteiger partial charge >= 0.3 is 0 Å². The van der Waals surface area contributed by atoms with E-state index in [-0.39, 0.29) is 10.6 Å². The molecule has 0 spiro atoms. The van der Waals surface area contributed by atoms with Gasteiger partial charge in [0.15, 0.2) is 0 Å². The van der Waals surface area contributed by atoms with E-state index in [4.69, 9.17) is 4.74 Å². The number of anilines is 1. The number of benzene rings is 2. The van der Waals surface area contributed by atoms with Gasteiger partial charge in [0.05, 0.1) is 17.7 Å². The largest absolute Gasteiger partial charge is 0.497 e. The molecule has 8 nitrogen and oxygen atoms in total. The number of non-ortho nitro benzene ring substituents is 1. The highest BCUT2D eigenvalue weighted by Crippen LogP contribution is 2.36. The maximum atomic E-state index is 13.3. The Morgan fingerprint density at radius 2 is 1.79 bits per heavy atom. The molecule has 2 aromatic carbocycles. The van der Waals surface area contributed by atoms with Gasteiger partial charge in [0, 0.05) is 38.3 Å². The predicted octanol–water partition coefficient (Wildman–Crippen LogP) is 2.95.